The first-order chi connectivity index (χ1) is 8.51. The van der Waals surface area contributed by atoms with Crippen LogP contribution in [0.1, 0.15) is 15.9 Å². The average molecular weight is 250 g/mol. The van der Waals surface area contributed by atoms with Crippen LogP contribution in [0.4, 0.5) is 0 Å². The molecule has 1 aliphatic heterocycles. The first kappa shape index (κ1) is 12.6. The third-order valence-electron chi connectivity index (χ3n) is 3.20. The zero-order chi connectivity index (χ0) is 13.3. The van der Waals surface area contributed by atoms with Gasteiger partial charge in [-0.3, -0.25) is 9.59 Å². The van der Waals surface area contributed by atoms with Crippen molar-refractivity contribution >= 4 is 11.8 Å². The minimum Gasteiger partial charge on any atom is -0.496 e. The first-order valence-corrected chi connectivity index (χ1v) is 5.52. The van der Waals surface area contributed by atoms with Gasteiger partial charge in [0, 0.05) is 5.56 Å². The summed E-state index contributed by atoms with van der Waals surface area (Å²) in [7, 11) is 1.54. The van der Waals surface area contributed by atoms with Gasteiger partial charge in [-0.05, 0) is 30.7 Å². The van der Waals surface area contributed by atoms with Crippen molar-refractivity contribution in [3.05, 3.63) is 29.3 Å². The maximum absolute atomic E-state index is 12.2. The van der Waals surface area contributed by atoms with E-state index in [-0.39, 0.29) is 13.2 Å². The fraction of sp³-hybridized carbons (Fsp3) is 0.385. The Morgan fingerprint density at radius 2 is 2.06 bits per heavy atom. The summed E-state index contributed by atoms with van der Waals surface area (Å²) in [5.74, 6) is -0.875. The van der Waals surface area contributed by atoms with Crippen LogP contribution in [0, 0.1) is 12.3 Å². The van der Waals surface area contributed by atoms with Crippen molar-refractivity contribution < 1.29 is 24.2 Å². The Morgan fingerprint density at radius 1 is 1.39 bits per heavy atom. The Hall–Kier alpha value is -1.88. The zero-order valence-corrected chi connectivity index (χ0v) is 10.2. The summed E-state index contributed by atoms with van der Waals surface area (Å²) in [5, 5.41) is 9.16. The van der Waals surface area contributed by atoms with E-state index in [1.165, 1.54) is 0 Å². The number of carboxylic acid groups (broad SMARTS) is 1. The van der Waals surface area contributed by atoms with Crippen LogP contribution in [0.5, 0.6) is 5.75 Å². The highest BCUT2D eigenvalue weighted by Crippen LogP contribution is 2.33. The number of aryl methyl sites for hydroxylation is 1. The minimum atomic E-state index is -1.42. The molecular weight excluding hydrogens is 236 g/mol. The molecule has 1 saturated heterocycles. The van der Waals surface area contributed by atoms with E-state index < -0.39 is 17.2 Å². The molecule has 0 radical (unpaired) electrons. The molecule has 0 spiro atoms. The first-order valence-electron chi connectivity index (χ1n) is 5.52. The van der Waals surface area contributed by atoms with Crippen LogP contribution in [0.2, 0.25) is 0 Å². The van der Waals surface area contributed by atoms with E-state index in [2.05, 4.69) is 0 Å². The van der Waals surface area contributed by atoms with Crippen LogP contribution in [0.15, 0.2) is 18.2 Å². The van der Waals surface area contributed by atoms with Gasteiger partial charge < -0.3 is 14.6 Å². The van der Waals surface area contributed by atoms with Crippen molar-refractivity contribution in [3.63, 3.8) is 0 Å². The highest BCUT2D eigenvalue weighted by Gasteiger charge is 2.53. The van der Waals surface area contributed by atoms with Gasteiger partial charge in [0.2, 0.25) is 0 Å². The molecule has 0 aromatic heterocycles. The van der Waals surface area contributed by atoms with Crippen LogP contribution in [-0.4, -0.2) is 37.2 Å². The van der Waals surface area contributed by atoms with E-state index in [0.29, 0.717) is 11.3 Å². The predicted octanol–water partition coefficient (Wildman–Crippen LogP) is 1.29. The van der Waals surface area contributed by atoms with Crippen LogP contribution >= 0.6 is 0 Å². The van der Waals surface area contributed by atoms with E-state index in [9.17, 15) is 9.59 Å². The smallest absolute Gasteiger partial charge is 0.322 e. The number of methoxy groups -OCH3 is 1. The van der Waals surface area contributed by atoms with E-state index >= 15 is 0 Å². The Morgan fingerprint density at radius 3 is 2.44 bits per heavy atom. The summed E-state index contributed by atoms with van der Waals surface area (Å²) in [5.41, 5.74) is -0.246. The van der Waals surface area contributed by atoms with Crippen LogP contribution in [-0.2, 0) is 9.53 Å². The molecule has 96 valence electrons. The molecule has 0 amide bonds. The van der Waals surface area contributed by atoms with Gasteiger partial charge in [0.1, 0.15) is 5.75 Å². The number of rotatable bonds is 4. The second-order valence-corrected chi connectivity index (χ2v) is 4.39. The van der Waals surface area contributed by atoms with Crippen molar-refractivity contribution in [1.82, 2.24) is 0 Å². The van der Waals surface area contributed by atoms with E-state index in [1.54, 1.807) is 32.2 Å². The summed E-state index contributed by atoms with van der Waals surface area (Å²) in [6, 6.07) is 4.89. The van der Waals surface area contributed by atoms with Crippen LogP contribution < -0.4 is 4.74 Å². The fourth-order valence-corrected chi connectivity index (χ4v) is 1.95. The molecule has 1 fully saturated rings. The summed E-state index contributed by atoms with van der Waals surface area (Å²) < 4.78 is 9.99. The molecule has 1 aromatic rings. The average Bonchev–Trinajstić information content (AvgIpc) is 2.26. The topological polar surface area (TPSA) is 72.8 Å². The second kappa shape index (κ2) is 4.42. The molecule has 0 aliphatic carbocycles. The largest absolute Gasteiger partial charge is 0.496 e. The van der Waals surface area contributed by atoms with Gasteiger partial charge in [-0.15, -0.1) is 0 Å². The molecule has 1 N–H and O–H groups in total. The molecule has 1 heterocycles. The summed E-state index contributed by atoms with van der Waals surface area (Å²) >= 11 is 0. The predicted molar refractivity (Wildman–Crippen MR) is 62.9 cm³/mol. The Kier molecular flexibility index (Phi) is 3.09. The lowest BCUT2D eigenvalue weighted by molar-refractivity contribution is -0.168. The molecular formula is C13H14O5. The van der Waals surface area contributed by atoms with Gasteiger partial charge in [-0.2, -0.15) is 0 Å². The number of ketones is 1. The van der Waals surface area contributed by atoms with Gasteiger partial charge in [-0.25, -0.2) is 0 Å². The number of ether oxygens (including phenoxy) is 2. The lowest BCUT2D eigenvalue weighted by atomic mass is 9.78. The lowest BCUT2D eigenvalue weighted by Gasteiger charge is -2.35. The van der Waals surface area contributed by atoms with Gasteiger partial charge in [-0.1, -0.05) is 0 Å². The molecule has 5 nitrogen and oxygen atoms in total. The molecule has 0 unspecified atom stereocenters. The minimum absolute atomic E-state index is 0.0633. The van der Waals surface area contributed by atoms with Crippen molar-refractivity contribution in [3.8, 4) is 5.75 Å². The van der Waals surface area contributed by atoms with E-state index in [4.69, 9.17) is 14.6 Å². The van der Waals surface area contributed by atoms with Crippen molar-refractivity contribution in [2.45, 2.75) is 6.92 Å². The molecule has 0 atom stereocenters. The number of carbonyl (C=O) groups excluding carboxylic acids is 1. The van der Waals surface area contributed by atoms with Crippen LogP contribution in [0.25, 0.3) is 0 Å². The molecule has 1 aliphatic rings. The monoisotopic (exact) mass is 250 g/mol. The maximum atomic E-state index is 12.2. The summed E-state index contributed by atoms with van der Waals surface area (Å²) in [6.45, 7) is 1.68. The lowest BCUT2D eigenvalue weighted by Crippen LogP contribution is -2.54. The van der Waals surface area contributed by atoms with Gasteiger partial charge in [0.05, 0.1) is 20.3 Å². The third-order valence-corrected chi connectivity index (χ3v) is 3.20. The number of Topliss-reactive ketones (excluding diaryl/α,β-unsaturated/α-hetero) is 1. The third kappa shape index (κ3) is 1.76. The normalized spacial score (nSPS) is 16.8. The van der Waals surface area contributed by atoms with E-state index in [0.717, 1.165) is 5.56 Å². The maximum Gasteiger partial charge on any atom is 0.322 e. The van der Waals surface area contributed by atoms with Crippen molar-refractivity contribution in [2.75, 3.05) is 20.3 Å². The zero-order valence-electron chi connectivity index (χ0n) is 10.2. The number of aliphatic carboxylic acids is 1. The molecule has 1 aromatic carbocycles. The molecule has 18 heavy (non-hydrogen) atoms. The van der Waals surface area contributed by atoms with Gasteiger partial charge in [0.25, 0.3) is 0 Å². The number of carboxylic acids is 1. The molecule has 0 saturated carbocycles. The Bertz CT molecular complexity index is 502. The highest BCUT2D eigenvalue weighted by atomic mass is 16.5. The summed E-state index contributed by atoms with van der Waals surface area (Å²) in [6.07, 6.45) is 0. The van der Waals surface area contributed by atoms with Gasteiger partial charge in [0.15, 0.2) is 11.2 Å². The van der Waals surface area contributed by atoms with Crippen molar-refractivity contribution in [1.29, 1.82) is 0 Å². The highest BCUT2D eigenvalue weighted by molar-refractivity contribution is 6.13. The second-order valence-electron chi connectivity index (χ2n) is 4.39. The van der Waals surface area contributed by atoms with Gasteiger partial charge >= 0.3 is 5.97 Å². The molecule has 5 heteroatoms. The van der Waals surface area contributed by atoms with Crippen molar-refractivity contribution in [2.24, 2.45) is 5.41 Å². The Labute approximate surface area is 104 Å². The number of hydrogen-bond acceptors (Lipinski definition) is 4. The quantitative estimate of drug-likeness (QED) is 0.644. The fourth-order valence-electron chi connectivity index (χ4n) is 1.95. The standard InChI is InChI=1S/C13H14O5/c1-8-5-9(3-4-10(8)17-2)11(14)13(12(15)16)6-18-7-13/h3-5H,6-7H2,1-2H3,(H,15,16). The van der Waals surface area contributed by atoms with Crippen LogP contribution in [0.3, 0.4) is 0 Å². The number of hydrogen-bond donors (Lipinski definition) is 1. The van der Waals surface area contributed by atoms with E-state index in [1.807, 2.05) is 0 Å². The SMILES string of the molecule is COc1ccc(C(=O)C2(C(=O)O)COC2)cc1C. The Balaban J connectivity index is 2.34. The number of benzene rings is 1. The molecule has 0 bridgehead atoms. The summed E-state index contributed by atoms with van der Waals surface area (Å²) in [4.78, 5) is 23.4. The number of carbonyl (C=O) groups is 2. The molecule has 2 rings (SSSR count).